The molecule has 1 fully saturated rings. The Morgan fingerprint density at radius 1 is 0.952 bits per heavy atom. The Balaban J connectivity index is 1.74. The van der Waals surface area contributed by atoms with Crippen LogP contribution in [-0.4, -0.2) is 23.3 Å². The zero-order chi connectivity index (χ0) is 14.7. The summed E-state index contributed by atoms with van der Waals surface area (Å²) >= 11 is 0. The Morgan fingerprint density at radius 3 is 2.48 bits per heavy atom. The van der Waals surface area contributed by atoms with Crippen LogP contribution in [0.4, 0.5) is 11.4 Å². The lowest BCUT2D eigenvalue weighted by Gasteiger charge is -2.22. The fourth-order valence-electron chi connectivity index (χ4n) is 2.73. The van der Waals surface area contributed by atoms with Gasteiger partial charge >= 0.3 is 0 Å². The maximum atomic E-state index is 9.54. The van der Waals surface area contributed by atoms with Crippen molar-refractivity contribution >= 4 is 11.4 Å². The van der Waals surface area contributed by atoms with Gasteiger partial charge < -0.3 is 20.4 Å². The number of nitrogens with one attached hydrogen (secondary N) is 1. The van der Waals surface area contributed by atoms with Gasteiger partial charge in [-0.1, -0.05) is 18.2 Å². The van der Waals surface area contributed by atoms with Crippen LogP contribution < -0.4 is 10.2 Å². The summed E-state index contributed by atoms with van der Waals surface area (Å²) < 4.78 is 0. The van der Waals surface area contributed by atoms with Crippen molar-refractivity contribution in [3.63, 3.8) is 0 Å². The smallest absolute Gasteiger partial charge is 0.157 e. The Kier molecular flexibility index (Phi) is 3.86. The molecule has 1 heterocycles. The molecule has 0 aliphatic carbocycles. The Morgan fingerprint density at radius 2 is 1.71 bits per heavy atom. The second-order valence-electron chi connectivity index (χ2n) is 5.39. The molecule has 0 bridgehead atoms. The molecule has 3 rings (SSSR count). The van der Waals surface area contributed by atoms with Crippen LogP contribution in [0.15, 0.2) is 42.5 Å². The van der Waals surface area contributed by atoms with Crippen LogP contribution in [0.2, 0.25) is 0 Å². The predicted octanol–water partition coefficient (Wildman–Crippen LogP) is 3.31. The first-order valence-corrected chi connectivity index (χ1v) is 7.33. The zero-order valence-corrected chi connectivity index (χ0v) is 11.9. The van der Waals surface area contributed by atoms with E-state index in [0.717, 1.165) is 24.3 Å². The van der Waals surface area contributed by atoms with Crippen molar-refractivity contribution in [2.45, 2.75) is 19.4 Å². The molecule has 0 unspecified atom stereocenters. The lowest BCUT2D eigenvalue weighted by atomic mass is 10.2. The largest absolute Gasteiger partial charge is 0.504 e. The Bertz CT molecular complexity index is 622. The van der Waals surface area contributed by atoms with E-state index in [9.17, 15) is 10.2 Å². The van der Waals surface area contributed by atoms with E-state index < -0.39 is 0 Å². The number of para-hydroxylation sites is 2. The molecule has 1 aliphatic heterocycles. The first-order chi connectivity index (χ1) is 10.2. The number of benzene rings is 2. The van der Waals surface area contributed by atoms with E-state index in [2.05, 4.69) is 28.4 Å². The molecule has 0 aromatic heterocycles. The summed E-state index contributed by atoms with van der Waals surface area (Å²) in [7, 11) is 0. The number of phenolic OH excluding ortho intramolecular Hbond substituents is 2. The van der Waals surface area contributed by atoms with Crippen molar-refractivity contribution in [2.75, 3.05) is 23.3 Å². The van der Waals surface area contributed by atoms with Crippen molar-refractivity contribution in [1.82, 2.24) is 0 Å². The van der Waals surface area contributed by atoms with Crippen molar-refractivity contribution < 1.29 is 10.2 Å². The van der Waals surface area contributed by atoms with Gasteiger partial charge in [-0.15, -0.1) is 0 Å². The SMILES string of the molecule is Oc1ccc(CNc2ccccc2N2CCCC2)cc1O. The molecule has 110 valence electrons. The predicted molar refractivity (Wildman–Crippen MR) is 85.0 cm³/mol. The van der Waals surface area contributed by atoms with E-state index >= 15 is 0 Å². The fraction of sp³-hybridized carbons (Fsp3) is 0.294. The van der Waals surface area contributed by atoms with Crippen LogP contribution in [0.5, 0.6) is 11.5 Å². The number of nitrogens with zero attached hydrogens (tertiary/aromatic N) is 1. The van der Waals surface area contributed by atoms with E-state index in [1.54, 1.807) is 12.1 Å². The average Bonchev–Trinajstić information content (AvgIpc) is 3.03. The third-order valence-electron chi connectivity index (χ3n) is 3.87. The van der Waals surface area contributed by atoms with Gasteiger partial charge in [0.25, 0.3) is 0 Å². The van der Waals surface area contributed by atoms with Crippen molar-refractivity contribution in [2.24, 2.45) is 0 Å². The monoisotopic (exact) mass is 284 g/mol. The molecule has 0 saturated carbocycles. The van der Waals surface area contributed by atoms with Crippen LogP contribution in [0.1, 0.15) is 18.4 Å². The first kappa shape index (κ1) is 13.6. The van der Waals surface area contributed by atoms with Gasteiger partial charge in [0.05, 0.1) is 11.4 Å². The Hall–Kier alpha value is -2.36. The molecular formula is C17H20N2O2. The van der Waals surface area contributed by atoms with Gasteiger partial charge in [-0.05, 0) is 42.7 Å². The normalized spacial score (nSPS) is 14.4. The number of hydrogen-bond donors (Lipinski definition) is 3. The van der Waals surface area contributed by atoms with Crippen molar-refractivity contribution in [3.8, 4) is 11.5 Å². The van der Waals surface area contributed by atoms with E-state index in [-0.39, 0.29) is 11.5 Å². The molecule has 3 N–H and O–H groups in total. The highest BCUT2D eigenvalue weighted by Crippen LogP contribution is 2.30. The summed E-state index contributed by atoms with van der Waals surface area (Å²) in [6.45, 7) is 2.83. The quantitative estimate of drug-likeness (QED) is 0.754. The molecule has 0 amide bonds. The first-order valence-electron chi connectivity index (χ1n) is 7.33. The molecule has 4 heteroatoms. The standard InChI is InChI=1S/C17H20N2O2/c20-16-8-7-13(11-17(16)21)12-18-14-5-1-2-6-15(14)19-9-3-4-10-19/h1-2,5-8,11,18,20-21H,3-4,9-10,12H2. The molecule has 0 radical (unpaired) electrons. The van der Waals surface area contributed by atoms with Gasteiger partial charge in [-0.25, -0.2) is 0 Å². The maximum Gasteiger partial charge on any atom is 0.157 e. The van der Waals surface area contributed by atoms with Crippen LogP contribution in [-0.2, 0) is 6.54 Å². The highest BCUT2D eigenvalue weighted by molar-refractivity contribution is 5.70. The zero-order valence-electron chi connectivity index (χ0n) is 11.9. The van der Waals surface area contributed by atoms with Crippen molar-refractivity contribution in [3.05, 3.63) is 48.0 Å². The number of phenols is 2. The summed E-state index contributed by atoms with van der Waals surface area (Å²) in [5.74, 6) is -0.168. The number of rotatable bonds is 4. The molecule has 0 atom stereocenters. The Labute approximate surface area is 124 Å². The van der Waals surface area contributed by atoms with E-state index in [0.29, 0.717) is 6.54 Å². The summed E-state index contributed by atoms with van der Waals surface area (Å²) in [5, 5.41) is 22.3. The van der Waals surface area contributed by atoms with Gasteiger partial charge in [-0.3, -0.25) is 0 Å². The van der Waals surface area contributed by atoms with Crippen LogP contribution >= 0.6 is 0 Å². The third kappa shape index (κ3) is 3.05. The minimum absolute atomic E-state index is 0.0814. The molecular weight excluding hydrogens is 264 g/mol. The number of aromatic hydroxyl groups is 2. The summed E-state index contributed by atoms with van der Waals surface area (Å²) in [5.41, 5.74) is 3.27. The summed E-state index contributed by atoms with van der Waals surface area (Å²) in [4.78, 5) is 2.40. The van der Waals surface area contributed by atoms with E-state index in [1.165, 1.54) is 24.6 Å². The summed E-state index contributed by atoms with van der Waals surface area (Å²) in [6.07, 6.45) is 2.50. The molecule has 0 spiro atoms. The minimum Gasteiger partial charge on any atom is -0.504 e. The van der Waals surface area contributed by atoms with E-state index in [1.807, 2.05) is 6.07 Å². The van der Waals surface area contributed by atoms with E-state index in [4.69, 9.17) is 0 Å². The number of anilines is 2. The lowest BCUT2D eigenvalue weighted by Crippen LogP contribution is -2.19. The topological polar surface area (TPSA) is 55.7 Å². The van der Waals surface area contributed by atoms with Gasteiger partial charge in [-0.2, -0.15) is 0 Å². The van der Waals surface area contributed by atoms with Crippen molar-refractivity contribution in [1.29, 1.82) is 0 Å². The number of hydrogen-bond acceptors (Lipinski definition) is 4. The van der Waals surface area contributed by atoms with Crippen LogP contribution in [0, 0.1) is 0 Å². The molecule has 1 saturated heterocycles. The van der Waals surface area contributed by atoms with Crippen LogP contribution in [0.3, 0.4) is 0 Å². The minimum atomic E-state index is -0.0868. The van der Waals surface area contributed by atoms with Gasteiger partial charge in [0.2, 0.25) is 0 Å². The molecule has 1 aliphatic rings. The third-order valence-corrected chi connectivity index (χ3v) is 3.87. The average molecular weight is 284 g/mol. The molecule has 4 nitrogen and oxygen atoms in total. The second kappa shape index (κ2) is 5.95. The maximum absolute atomic E-state index is 9.54. The molecule has 2 aromatic rings. The molecule has 2 aromatic carbocycles. The van der Waals surface area contributed by atoms with Gasteiger partial charge in [0, 0.05) is 19.6 Å². The lowest BCUT2D eigenvalue weighted by molar-refractivity contribution is 0.403. The van der Waals surface area contributed by atoms with Crippen LogP contribution in [0.25, 0.3) is 0 Å². The molecule has 21 heavy (non-hydrogen) atoms. The highest BCUT2D eigenvalue weighted by Gasteiger charge is 2.15. The van der Waals surface area contributed by atoms with Gasteiger partial charge in [0.1, 0.15) is 0 Å². The fourth-order valence-corrected chi connectivity index (χ4v) is 2.73. The summed E-state index contributed by atoms with van der Waals surface area (Å²) in [6, 6.07) is 13.2. The highest BCUT2D eigenvalue weighted by atomic mass is 16.3. The van der Waals surface area contributed by atoms with Gasteiger partial charge in [0.15, 0.2) is 11.5 Å². The second-order valence-corrected chi connectivity index (χ2v) is 5.39.